The number of aliphatic imine (C=N–C) groups is 4. The highest BCUT2D eigenvalue weighted by Crippen LogP contribution is 2.56. The summed E-state index contributed by atoms with van der Waals surface area (Å²) in [6.45, 7) is 0. The molecular formula is C66H115N9O12S4. The average Bonchev–Trinajstić information content (AvgIpc) is 1.05. The standard InChI is InChI=1S/C66H115N9O12S4/c1-67-39-3-5-40(6-4-39)72-64-32-29-60(52-24-20-48(36-56(52)64)89(79,80)81)70-42-9-15-45(16-10-42)74-66-34-31-62(54-26-22-50(38-58(54)66)91(85,86)87)71-43-11-17-46(18-12-43)75-65-33-30-61(53-25-21-49(37-57(53)65)90(82,83)84)69-41-7-13-44(14-8-41)73-63-28-27-59(68-2)51-23-19-47(35-55(51)63)88(76,77)78/h29-30,32-33,39-59,62-63,66-68,71,73-74,76-87H,3-28,31,34-38H2,1-2H3. The van der Waals surface area contributed by atoms with Crippen molar-refractivity contribution >= 4 is 66.3 Å². The number of hydrogen-bond donors (Lipinski definition) is 17. The molecule has 0 radical (unpaired) electrons. The van der Waals surface area contributed by atoms with E-state index in [1.54, 1.807) is 0 Å². The molecule has 0 aliphatic heterocycles. The Morgan fingerprint density at radius 2 is 0.549 bits per heavy atom. The minimum absolute atomic E-state index is 0.000484. The molecule has 12 rings (SSSR count). The third kappa shape index (κ3) is 17.0. The van der Waals surface area contributed by atoms with Gasteiger partial charge in [-0.15, -0.1) is 0 Å². The molecule has 0 saturated heterocycles. The molecule has 16 atom stereocenters. The van der Waals surface area contributed by atoms with Crippen LogP contribution in [0.2, 0.25) is 0 Å². The van der Waals surface area contributed by atoms with E-state index in [0.717, 1.165) is 171 Å². The van der Waals surface area contributed by atoms with Crippen molar-refractivity contribution in [1.29, 1.82) is 0 Å². The molecule has 17 N–H and O–H groups in total. The van der Waals surface area contributed by atoms with E-state index < -0.39 is 64.5 Å². The van der Waals surface area contributed by atoms with E-state index in [1.165, 1.54) is 0 Å². The first kappa shape index (κ1) is 69.8. The Morgan fingerprint density at radius 1 is 0.275 bits per heavy atom. The molecular weight excluding hydrogens is 1240 g/mol. The molecule has 16 unspecified atom stereocenters. The first-order chi connectivity index (χ1) is 43.4. The summed E-state index contributed by atoms with van der Waals surface area (Å²) in [5.41, 5.74) is 4.16. The molecule has 91 heavy (non-hydrogen) atoms. The second kappa shape index (κ2) is 29.8. The molecule has 0 aromatic carbocycles. The van der Waals surface area contributed by atoms with Gasteiger partial charge in [-0.3, -0.25) is 20.0 Å². The zero-order chi connectivity index (χ0) is 64.0. The molecule has 10 saturated carbocycles. The summed E-state index contributed by atoms with van der Waals surface area (Å²) in [6.07, 6.45) is 36.2. The lowest BCUT2D eigenvalue weighted by atomic mass is 9.65. The summed E-state index contributed by atoms with van der Waals surface area (Å²) in [5.74, 6) is 1.43. The van der Waals surface area contributed by atoms with Gasteiger partial charge >= 0.3 is 0 Å². The quantitative estimate of drug-likeness (QED) is 0.0682. The number of rotatable bonds is 16. The van der Waals surface area contributed by atoms with Crippen LogP contribution in [0.4, 0.5) is 0 Å². The molecule has 520 valence electrons. The normalized spacial score (nSPS) is 45.4. The second-order valence-electron chi connectivity index (χ2n) is 30.6. The minimum Gasteiger partial charge on any atom is -0.317 e. The van der Waals surface area contributed by atoms with Crippen molar-refractivity contribution in [2.75, 3.05) is 14.1 Å². The zero-order valence-electron chi connectivity index (χ0n) is 54.1. The Balaban J connectivity index is 0.643. The number of allylic oxidation sites excluding steroid dienone is 4. The molecule has 0 aromatic rings. The summed E-state index contributed by atoms with van der Waals surface area (Å²) in [4.78, 5) is 21.7. The predicted octanol–water partition coefficient (Wildman–Crippen LogP) is 13.4. The van der Waals surface area contributed by atoms with E-state index in [4.69, 9.17) is 20.0 Å². The third-order valence-corrected chi connectivity index (χ3v) is 30.8. The fourth-order valence-corrected chi connectivity index (χ4v) is 24.1. The van der Waals surface area contributed by atoms with Crippen LogP contribution in [0.15, 0.2) is 44.3 Å². The summed E-state index contributed by atoms with van der Waals surface area (Å²) >= 11 is 0. The van der Waals surface area contributed by atoms with Crippen LogP contribution in [-0.2, 0) is 0 Å². The van der Waals surface area contributed by atoms with Gasteiger partial charge in [0.05, 0.1) is 88.6 Å². The van der Waals surface area contributed by atoms with Gasteiger partial charge in [0.1, 0.15) is 0 Å². The zero-order valence-corrected chi connectivity index (χ0v) is 57.3. The Bertz CT molecular complexity index is 2620. The predicted molar refractivity (Wildman–Crippen MR) is 374 cm³/mol. The Morgan fingerprint density at radius 3 is 0.868 bits per heavy atom. The van der Waals surface area contributed by atoms with E-state index in [-0.39, 0.29) is 71.8 Å². The van der Waals surface area contributed by atoms with Crippen molar-refractivity contribution in [3.8, 4) is 0 Å². The fourth-order valence-electron chi connectivity index (χ4n) is 20.4. The molecule has 0 aromatic heterocycles. The van der Waals surface area contributed by atoms with Crippen molar-refractivity contribution in [1.82, 2.24) is 26.6 Å². The summed E-state index contributed by atoms with van der Waals surface area (Å²) in [7, 11) is -10.6. The van der Waals surface area contributed by atoms with E-state index in [0.29, 0.717) is 106 Å². The van der Waals surface area contributed by atoms with E-state index in [1.807, 2.05) is 14.1 Å². The summed E-state index contributed by atoms with van der Waals surface area (Å²) < 4.78 is 125. The van der Waals surface area contributed by atoms with Crippen LogP contribution in [0.3, 0.4) is 0 Å². The monoisotopic (exact) mass is 1350 g/mol. The Hall–Kier alpha value is -1.12. The maximum absolute atomic E-state index is 10.6. The summed E-state index contributed by atoms with van der Waals surface area (Å²) in [5, 5.41) is 17.1. The van der Waals surface area contributed by atoms with Crippen molar-refractivity contribution in [2.24, 2.45) is 67.3 Å². The van der Waals surface area contributed by atoms with Crippen molar-refractivity contribution in [3.05, 3.63) is 24.3 Å². The lowest BCUT2D eigenvalue weighted by molar-refractivity contribution is 0.0706. The SMILES string of the molecule is CNC1CCC(N=C2C=CC(=NC3CCC(NC4CCC(NC5CCC(N=C6C=CC(=NC7CCC(NC8CCC(NC)C9CCC(S(O)(O)O)CC89)CC7)C7CCC(S(O)(O)O)CC67)CC5)C5CCC(S(O)(O)O)CC45)CC3)C3CCC(S(O)(O)O)CC23)CC1. The van der Waals surface area contributed by atoms with Gasteiger partial charge in [-0.1, -0.05) is 0 Å². The second-order valence-corrected chi connectivity index (χ2v) is 37.8. The molecule has 21 nitrogen and oxygen atoms in total. The average molecular weight is 1350 g/mol. The molecule has 25 heteroatoms. The number of fused-ring (bicyclic) bond motifs is 4. The number of nitrogens with one attached hydrogen (secondary N) is 5. The molecule has 0 bridgehead atoms. The molecule has 0 spiro atoms. The van der Waals surface area contributed by atoms with Gasteiger partial charge in [-0.25, -0.2) is 0 Å². The van der Waals surface area contributed by atoms with Gasteiger partial charge in [-0.05, 0) is 268 Å². The molecule has 10 fully saturated rings. The van der Waals surface area contributed by atoms with Crippen LogP contribution in [0.25, 0.3) is 0 Å². The fraction of sp³-hybridized carbons (Fsp3) is 0.879. The van der Waals surface area contributed by atoms with Gasteiger partial charge in [0.15, 0.2) is 0 Å². The smallest absolute Gasteiger partial charge is 0.0841 e. The first-order valence-electron chi connectivity index (χ1n) is 35.7. The number of hydrogen-bond acceptors (Lipinski definition) is 21. The summed E-state index contributed by atoms with van der Waals surface area (Å²) in [6, 6.07) is 3.48. The van der Waals surface area contributed by atoms with Gasteiger partial charge < -0.3 is 81.2 Å². The maximum Gasteiger partial charge on any atom is 0.0841 e. The van der Waals surface area contributed by atoms with Crippen LogP contribution in [0.5, 0.6) is 0 Å². The highest BCUT2D eigenvalue weighted by molar-refractivity contribution is 8.20. The van der Waals surface area contributed by atoms with Crippen molar-refractivity contribution < 1.29 is 54.6 Å². The van der Waals surface area contributed by atoms with Gasteiger partial charge in [0, 0.05) is 94.9 Å². The molecule has 0 heterocycles. The van der Waals surface area contributed by atoms with Gasteiger partial charge in [0.25, 0.3) is 0 Å². The molecule has 0 amide bonds. The topological polar surface area (TPSA) is 352 Å². The highest BCUT2D eigenvalue weighted by atomic mass is 32.3. The van der Waals surface area contributed by atoms with Crippen LogP contribution in [0, 0.1) is 47.3 Å². The first-order valence-corrected chi connectivity index (χ1v) is 42.0. The van der Waals surface area contributed by atoms with Crippen molar-refractivity contribution in [3.63, 3.8) is 0 Å². The Kier molecular flexibility index (Phi) is 22.8. The van der Waals surface area contributed by atoms with Crippen LogP contribution in [0.1, 0.15) is 205 Å². The molecule has 12 aliphatic carbocycles. The van der Waals surface area contributed by atoms with Crippen LogP contribution in [-0.4, -0.2) is 185 Å². The van der Waals surface area contributed by atoms with Crippen molar-refractivity contribution in [2.45, 2.75) is 299 Å². The largest absolute Gasteiger partial charge is 0.317 e. The highest BCUT2D eigenvalue weighted by Gasteiger charge is 2.50. The van der Waals surface area contributed by atoms with Gasteiger partial charge in [0.2, 0.25) is 0 Å². The minimum atomic E-state index is -3.73. The lowest BCUT2D eigenvalue weighted by Crippen LogP contribution is -2.58. The van der Waals surface area contributed by atoms with Gasteiger partial charge in [-0.2, -0.15) is 0 Å². The lowest BCUT2D eigenvalue weighted by Gasteiger charge is -2.51. The number of nitrogens with zero attached hydrogens (tertiary/aromatic N) is 4. The third-order valence-electron chi connectivity index (χ3n) is 25.5. The molecule has 12 aliphatic rings. The Labute approximate surface area is 549 Å². The maximum atomic E-state index is 10.6. The van der Waals surface area contributed by atoms with Crippen LogP contribution < -0.4 is 26.6 Å². The van der Waals surface area contributed by atoms with Crippen LogP contribution >= 0.6 is 43.5 Å². The van der Waals surface area contributed by atoms with E-state index in [9.17, 15) is 54.6 Å². The van der Waals surface area contributed by atoms with E-state index >= 15 is 0 Å². The van der Waals surface area contributed by atoms with E-state index in [2.05, 4.69) is 50.9 Å².